The molecule has 1 rings (SSSR count). The summed E-state index contributed by atoms with van der Waals surface area (Å²) in [7, 11) is 0. The lowest BCUT2D eigenvalue weighted by Crippen LogP contribution is -1.98. The molecule has 0 bridgehead atoms. The number of hydrogen-bond donors (Lipinski definition) is 1. The van der Waals surface area contributed by atoms with Gasteiger partial charge in [-0.3, -0.25) is 0 Å². The molecule has 0 aliphatic heterocycles. The molecular formula is C9H11IO2. The maximum atomic E-state index is 8.46. The van der Waals surface area contributed by atoms with Crippen molar-refractivity contribution in [1.29, 1.82) is 0 Å². The van der Waals surface area contributed by atoms with E-state index >= 15 is 0 Å². The number of hydrogen-bond acceptors (Lipinski definition) is 2. The number of aliphatic hydroxyl groups is 1. The second kappa shape index (κ2) is 5.50. The Balaban J connectivity index is 2.37. The van der Waals surface area contributed by atoms with Gasteiger partial charge in [-0.15, -0.1) is 0 Å². The highest BCUT2D eigenvalue weighted by molar-refractivity contribution is 14.1. The molecule has 3 heteroatoms. The van der Waals surface area contributed by atoms with E-state index < -0.39 is 0 Å². The van der Waals surface area contributed by atoms with Crippen LogP contribution in [0.15, 0.2) is 24.3 Å². The smallest absolute Gasteiger partial charge is 0.0718 e. The molecule has 0 radical (unpaired) electrons. The van der Waals surface area contributed by atoms with Crippen LogP contribution in [0.2, 0.25) is 0 Å². The summed E-state index contributed by atoms with van der Waals surface area (Å²) >= 11 is 2.26. The van der Waals surface area contributed by atoms with Gasteiger partial charge in [0.1, 0.15) is 0 Å². The van der Waals surface area contributed by atoms with Gasteiger partial charge in [-0.25, -0.2) is 0 Å². The summed E-state index contributed by atoms with van der Waals surface area (Å²) in [5.74, 6) is 0. The Kier molecular flexibility index (Phi) is 4.57. The van der Waals surface area contributed by atoms with Crippen molar-refractivity contribution in [3.8, 4) is 0 Å². The van der Waals surface area contributed by atoms with Gasteiger partial charge in [-0.05, 0) is 40.3 Å². The minimum atomic E-state index is 0.0877. The Morgan fingerprint density at radius 2 is 1.92 bits per heavy atom. The van der Waals surface area contributed by atoms with E-state index in [0.717, 1.165) is 5.56 Å². The third kappa shape index (κ3) is 3.51. The van der Waals surface area contributed by atoms with Crippen LogP contribution in [0, 0.1) is 3.57 Å². The molecule has 0 aromatic heterocycles. The topological polar surface area (TPSA) is 29.5 Å². The molecule has 0 unspecified atom stereocenters. The molecule has 0 spiro atoms. The zero-order chi connectivity index (χ0) is 8.81. The van der Waals surface area contributed by atoms with E-state index in [1.807, 2.05) is 24.3 Å². The van der Waals surface area contributed by atoms with Crippen molar-refractivity contribution in [3.63, 3.8) is 0 Å². The van der Waals surface area contributed by atoms with Crippen molar-refractivity contribution in [1.82, 2.24) is 0 Å². The normalized spacial score (nSPS) is 10.2. The van der Waals surface area contributed by atoms with Crippen LogP contribution in [0.5, 0.6) is 0 Å². The van der Waals surface area contributed by atoms with E-state index in [4.69, 9.17) is 9.84 Å². The molecule has 0 fully saturated rings. The summed E-state index contributed by atoms with van der Waals surface area (Å²) in [4.78, 5) is 0. The number of aliphatic hydroxyl groups excluding tert-OH is 1. The molecule has 0 heterocycles. The molecule has 0 aliphatic rings. The van der Waals surface area contributed by atoms with Crippen molar-refractivity contribution in [3.05, 3.63) is 33.4 Å². The van der Waals surface area contributed by atoms with E-state index in [9.17, 15) is 0 Å². The highest BCUT2D eigenvalue weighted by Crippen LogP contribution is 2.07. The summed E-state index contributed by atoms with van der Waals surface area (Å²) in [5.41, 5.74) is 1.14. The molecule has 1 N–H and O–H groups in total. The van der Waals surface area contributed by atoms with Gasteiger partial charge >= 0.3 is 0 Å². The first kappa shape index (κ1) is 9.95. The van der Waals surface area contributed by atoms with E-state index in [-0.39, 0.29) is 6.61 Å². The molecule has 1 aromatic rings. The largest absolute Gasteiger partial charge is 0.394 e. The highest BCUT2D eigenvalue weighted by atomic mass is 127. The fourth-order valence-electron chi connectivity index (χ4n) is 0.835. The van der Waals surface area contributed by atoms with Crippen LogP contribution in [0.4, 0.5) is 0 Å². The lowest BCUT2D eigenvalue weighted by atomic mass is 10.2. The number of halogens is 1. The van der Waals surface area contributed by atoms with Crippen LogP contribution in [0.1, 0.15) is 5.56 Å². The van der Waals surface area contributed by atoms with Gasteiger partial charge < -0.3 is 9.84 Å². The molecule has 0 aliphatic carbocycles. The van der Waals surface area contributed by atoms with Crippen molar-refractivity contribution >= 4 is 22.6 Å². The van der Waals surface area contributed by atoms with Crippen LogP contribution in [-0.2, 0) is 11.3 Å². The second-order valence-electron chi connectivity index (χ2n) is 2.40. The maximum Gasteiger partial charge on any atom is 0.0718 e. The van der Waals surface area contributed by atoms with Crippen molar-refractivity contribution in [2.45, 2.75) is 6.61 Å². The minimum Gasteiger partial charge on any atom is -0.394 e. The van der Waals surface area contributed by atoms with Gasteiger partial charge in [-0.1, -0.05) is 12.1 Å². The summed E-state index contributed by atoms with van der Waals surface area (Å²) in [6, 6.07) is 8.13. The van der Waals surface area contributed by atoms with Gasteiger partial charge in [0.2, 0.25) is 0 Å². The predicted molar refractivity (Wildman–Crippen MR) is 55.9 cm³/mol. The SMILES string of the molecule is OCCOCc1ccc(I)cc1. The van der Waals surface area contributed by atoms with Crippen LogP contribution in [0.25, 0.3) is 0 Å². The maximum absolute atomic E-state index is 8.46. The predicted octanol–water partition coefficient (Wildman–Crippen LogP) is 1.80. The van der Waals surface area contributed by atoms with Crippen molar-refractivity contribution in [2.24, 2.45) is 0 Å². The van der Waals surface area contributed by atoms with Crippen molar-refractivity contribution in [2.75, 3.05) is 13.2 Å². The quantitative estimate of drug-likeness (QED) is 0.672. The van der Waals surface area contributed by atoms with Crippen LogP contribution in [0.3, 0.4) is 0 Å². The Morgan fingerprint density at radius 3 is 2.50 bits per heavy atom. The molecule has 0 saturated carbocycles. The average molecular weight is 278 g/mol. The molecule has 0 amide bonds. The number of rotatable bonds is 4. The number of benzene rings is 1. The van der Waals surface area contributed by atoms with Crippen molar-refractivity contribution < 1.29 is 9.84 Å². The van der Waals surface area contributed by atoms with E-state index in [1.54, 1.807) is 0 Å². The summed E-state index contributed by atoms with van der Waals surface area (Å²) in [6.07, 6.45) is 0. The first-order valence-corrected chi connectivity index (χ1v) is 4.84. The Morgan fingerprint density at radius 1 is 1.25 bits per heavy atom. The summed E-state index contributed by atoms with van der Waals surface area (Å²) in [5, 5.41) is 8.46. The fourth-order valence-corrected chi connectivity index (χ4v) is 1.19. The second-order valence-corrected chi connectivity index (χ2v) is 3.65. The molecule has 12 heavy (non-hydrogen) atoms. The minimum absolute atomic E-state index is 0.0877. The monoisotopic (exact) mass is 278 g/mol. The van der Waals surface area contributed by atoms with Crippen LogP contribution in [-0.4, -0.2) is 18.3 Å². The molecule has 0 atom stereocenters. The van der Waals surface area contributed by atoms with E-state index in [1.165, 1.54) is 3.57 Å². The average Bonchev–Trinajstić information content (AvgIpc) is 2.09. The standard InChI is InChI=1S/C9H11IO2/c10-9-3-1-8(2-4-9)7-12-6-5-11/h1-4,11H,5-7H2. The van der Waals surface area contributed by atoms with Gasteiger partial charge in [0.15, 0.2) is 0 Å². The fraction of sp³-hybridized carbons (Fsp3) is 0.333. The first-order valence-electron chi connectivity index (χ1n) is 3.76. The van der Waals surface area contributed by atoms with Gasteiger partial charge in [0.25, 0.3) is 0 Å². The Hall–Kier alpha value is -0.130. The molecule has 2 nitrogen and oxygen atoms in total. The zero-order valence-electron chi connectivity index (χ0n) is 6.66. The lowest BCUT2D eigenvalue weighted by molar-refractivity contribution is 0.0815. The van der Waals surface area contributed by atoms with E-state index in [0.29, 0.717) is 13.2 Å². The Labute approximate surface area is 85.7 Å². The highest BCUT2D eigenvalue weighted by Gasteiger charge is 1.91. The van der Waals surface area contributed by atoms with Gasteiger partial charge in [0, 0.05) is 3.57 Å². The molecule has 66 valence electrons. The third-order valence-corrected chi connectivity index (χ3v) is 2.14. The molecule has 1 aromatic carbocycles. The van der Waals surface area contributed by atoms with Gasteiger partial charge in [-0.2, -0.15) is 0 Å². The van der Waals surface area contributed by atoms with Crippen LogP contribution < -0.4 is 0 Å². The van der Waals surface area contributed by atoms with E-state index in [2.05, 4.69) is 22.6 Å². The molecule has 0 saturated heterocycles. The number of ether oxygens (including phenoxy) is 1. The lowest BCUT2D eigenvalue weighted by Gasteiger charge is -2.01. The summed E-state index contributed by atoms with van der Waals surface area (Å²) < 4.78 is 6.38. The Bertz CT molecular complexity index is 220. The van der Waals surface area contributed by atoms with Gasteiger partial charge in [0.05, 0.1) is 19.8 Å². The zero-order valence-corrected chi connectivity index (χ0v) is 8.82. The van der Waals surface area contributed by atoms with Crippen LogP contribution >= 0.6 is 22.6 Å². The first-order chi connectivity index (χ1) is 5.83. The third-order valence-electron chi connectivity index (χ3n) is 1.42. The molecular weight excluding hydrogens is 267 g/mol. The summed E-state index contributed by atoms with van der Waals surface area (Å²) in [6.45, 7) is 1.08.